The van der Waals surface area contributed by atoms with Crippen molar-refractivity contribution in [1.82, 2.24) is 14.9 Å². The van der Waals surface area contributed by atoms with E-state index >= 15 is 0 Å². The first-order valence-electron chi connectivity index (χ1n) is 11.8. The van der Waals surface area contributed by atoms with Gasteiger partial charge in [-0.2, -0.15) is 18.4 Å². The second-order valence-electron chi connectivity index (χ2n) is 9.02. The Morgan fingerprint density at radius 1 is 1.16 bits per heavy atom. The van der Waals surface area contributed by atoms with Gasteiger partial charge in [0.15, 0.2) is 6.19 Å². The Balaban J connectivity index is 0.000000505. The number of para-hydroxylation sites is 3. The van der Waals surface area contributed by atoms with Gasteiger partial charge in [0.1, 0.15) is 5.82 Å². The number of nitrogens with zero attached hydrogens (tertiary/aromatic N) is 6. The predicted molar refractivity (Wildman–Crippen MR) is 138 cm³/mol. The van der Waals surface area contributed by atoms with Crippen molar-refractivity contribution in [3.05, 3.63) is 60.3 Å². The molecule has 0 amide bonds. The van der Waals surface area contributed by atoms with E-state index in [-0.39, 0.29) is 12.0 Å². The molecule has 2 N–H and O–H groups in total. The number of carboxylic acids is 1. The molecule has 12 heteroatoms. The number of hydrogen-bond acceptors (Lipinski definition) is 6. The first-order valence-corrected chi connectivity index (χ1v) is 11.8. The van der Waals surface area contributed by atoms with Gasteiger partial charge in [-0.3, -0.25) is 10.4 Å². The number of fused-ring (bicyclic) bond motifs is 1. The Morgan fingerprint density at radius 2 is 1.76 bits per heavy atom. The zero-order valence-corrected chi connectivity index (χ0v) is 21.1. The molecule has 3 aromatic rings. The highest BCUT2D eigenvalue weighted by molar-refractivity contribution is 5.97. The zero-order valence-electron chi connectivity index (χ0n) is 21.1. The maximum Gasteiger partial charge on any atom is 0.490 e. The molecule has 1 aliphatic rings. The van der Waals surface area contributed by atoms with Gasteiger partial charge in [0.25, 0.3) is 0 Å². The fourth-order valence-electron chi connectivity index (χ4n) is 4.11. The van der Waals surface area contributed by atoms with Crippen LogP contribution in [0, 0.1) is 29.7 Å². The minimum Gasteiger partial charge on any atom is -0.475 e. The highest BCUT2D eigenvalue weighted by Crippen LogP contribution is 2.26. The molecule has 200 valence electrons. The summed E-state index contributed by atoms with van der Waals surface area (Å²) < 4.78 is 31.7. The number of halogens is 3. The quantitative estimate of drug-likeness (QED) is 0.219. The van der Waals surface area contributed by atoms with E-state index in [1.807, 2.05) is 66.6 Å². The van der Waals surface area contributed by atoms with Crippen LogP contribution in [0.15, 0.2) is 54.7 Å². The van der Waals surface area contributed by atoms with Crippen LogP contribution in [0.1, 0.15) is 19.4 Å². The van der Waals surface area contributed by atoms with Gasteiger partial charge in [0, 0.05) is 19.6 Å². The maximum atomic E-state index is 10.6. The van der Waals surface area contributed by atoms with Crippen LogP contribution < -0.4 is 9.80 Å². The molecule has 0 aliphatic carbocycles. The summed E-state index contributed by atoms with van der Waals surface area (Å²) in [4.78, 5) is 24.0. The molecular weight excluding hydrogens is 499 g/mol. The second-order valence-corrected chi connectivity index (χ2v) is 9.02. The van der Waals surface area contributed by atoms with E-state index in [1.54, 1.807) is 0 Å². The van der Waals surface area contributed by atoms with E-state index in [1.165, 1.54) is 4.90 Å². The number of carboxylic acid groups (broad SMARTS) is 1. The number of aromatic nitrogens is 2. The van der Waals surface area contributed by atoms with Crippen molar-refractivity contribution in [3.8, 4) is 6.19 Å². The number of carbonyl (C=O) groups is 1. The normalized spacial score (nSPS) is 15.5. The van der Waals surface area contributed by atoms with Crippen molar-refractivity contribution < 1.29 is 23.1 Å². The predicted octanol–water partition coefficient (Wildman–Crippen LogP) is 4.64. The molecule has 9 nitrogen and oxygen atoms in total. The standard InChI is InChI=1S/C24H27N7.C2HF3O2/c1-17(2)22-15-29(23-14-27-19-9-5-6-10-20(19)28-23)12-13-30(22)24(26)31(16-25)21-11-7-4-8-18(21)3;3-2(4,5)1(6)7/h4-11,14,17,22,26H,12-13,15H2,1-3H3;(H,6,7)/t22-;/m1./s1. The number of aryl methyl sites for hydroxylation is 1. The lowest BCUT2D eigenvalue weighted by Gasteiger charge is -2.45. The van der Waals surface area contributed by atoms with Gasteiger partial charge in [-0.05, 0) is 36.6 Å². The summed E-state index contributed by atoms with van der Waals surface area (Å²) >= 11 is 0. The number of nitriles is 1. The lowest BCUT2D eigenvalue weighted by Crippen LogP contribution is -2.60. The van der Waals surface area contributed by atoms with Crippen molar-refractivity contribution in [2.24, 2.45) is 5.92 Å². The molecule has 1 atom stereocenters. The topological polar surface area (TPSA) is 120 Å². The summed E-state index contributed by atoms with van der Waals surface area (Å²) in [6.07, 6.45) is -1.04. The fraction of sp³-hybridized carbons (Fsp3) is 0.346. The van der Waals surface area contributed by atoms with E-state index in [0.717, 1.165) is 34.6 Å². The van der Waals surface area contributed by atoms with Gasteiger partial charge in [-0.1, -0.05) is 44.2 Å². The molecule has 2 aromatic carbocycles. The van der Waals surface area contributed by atoms with Crippen LogP contribution >= 0.6 is 0 Å². The number of rotatable bonds is 3. The van der Waals surface area contributed by atoms with Gasteiger partial charge in [0.2, 0.25) is 5.96 Å². The Labute approximate surface area is 218 Å². The third-order valence-electron chi connectivity index (χ3n) is 6.13. The number of guanidine groups is 1. The van der Waals surface area contributed by atoms with Crippen LogP contribution in [0.5, 0.6) is 0 Å². The van der Waals surface area contributed by atoms with Gasteiger partial charge >= 0.3 is 12.1 Å². The van der Waals surface area contributed by atoms with Crippen molar-refractivity contribution >= 4 is 34.5 Å². The smallest absolute Gasteiger partial charge is 0.475 e. The van der Waals surface area contributed by atoms with Crippen molar-refractivity contribution in [1.29, 1.82) is 10.7 Å². The van der Waals surface area contributed by atoms with Crippen molar-refractivity contribution in [2.45, 2.75) is 33.0 Å². The zero-order chi connectivity index (χ0) is 28.0. The lowest BCUT2D eigenvalue weighted by molar-refractivity contribution is -0.192. The minimum absolute atomic E-state index is 0.0781. The summed E-state index contributed by atoms with van der Waals surface area (Å²) in [5.41, 5.74) is 3.49. The van der Waals surface area contributed by atoms with Gasteiger partial charge in [-0.25, -0.2) is 14.7 Å². The molecule has 38 heavy (non-hydrogen) atoms. The highest BCUT2D eigenvalue weighted by Gasteiger charge is 2.38. The number of nitrogens with one attached hydrogen (secondary N) is 1. The molecular formula is C26H28F3N7O2. The molecule has 0 saturated carbocycles. The van der Waals surface area contributed by atoms with E-state index < -0.39 is 12.1 Å². The van der Waals surface area contributed by atoms with Crippen LogP contribution in [0.25, 0.3) is 11.0 Å². The number of alkyl halides is 3. The Kier molecular flexibility index (Phi) is 8.72. The third kappa shape index (κ3) is 6.47. The minimum atomic E-state index is -5.08. The van der Waals surface area contributed by atoms with Crippen LogP contribution in [0.3, 0.4) is 0 Å². The van der Waals surface area contributed by atoms with E-state index in [2.05, 4.69) is 29.9 Å². The summed E-state index contributed by atoms with van der Waals surface area (Å²) in [5.74, 6) is -1.38. The summed E-state index contributed by atoms with van der Waals surface area (Å²) in [5, 5.41) is 25.8. The molecule has 1 aromatic heterocycles. The van der Waals surface area contributed by atoms with E-state index in [0.29, 0.717) is 19.0 Å². The van der Waals surface area contributed by atoms with Crippen molar-refractivity contribution in [3.63, 3.8) is 0 Å². The average molecular weight is 528 g/mol. The monoisotopic (exact) mass is 527 g/mol. The van der Waals surface area contributed by atoms with Gasteiger partial charge in [0.05, 0.1) is 29.0 Å². The third-order valence-corrected chi connectivity index (χ3v) is 6.13. The molecule has 0 spiro atoms. The van der Waals surface area contributed by atoms with E-state index in [9.17, 15) is 18.4 Å². The van der Waals surface area contributed by atoms with Gasteiger partial charge < -0.3 is 14.9 Å². The molecule has 1 fully saturated rings. The SMILES string of the molecule is Cc1ccccc1N(C#N)C(=N)N1CCN(c2cnc3ccccc3n2)C[C@@H]1C(C)C.O=C(O)C(F)(F)F. The van der Waals surface area contributed by atoms with E-state index in [4.69, 9.17) is 20.3 Å². The first kappa shape index (κ1) is 28.2. The second kappa shape index (κ2) is 11.8. The molecule has 0 bridgehead atoms. The van der Waals surface area contributed by atoms with Crippen LogP contribution in [0.2, 0.25) is 0 Å². The Morgan fingerprint density at radius 3 is 2.34 bits per heavy atom. The molecule has 1 aliphatic heterocycles. The van der Waals surface area contributed by atoms with Crippen molar-refractivity contribution in [2.75, 3.05) is 29.4 Å². The summed E-state index contributed by atoms with van der Waals surface area (Å²) in [6, 6.07) is 15.6. The number of benzene rings is 2. The number of hydrogen-bond donors (Lipinski definition) is 2. The number of aliphatic carboxylic acids is 1. The molecule has 1 saturated heterocycles. The van der Waals surface area contributed by atoms with Crippen LogP contribution in [-0.4, -0.2) is 63.8 Å². The van der Waals surface area contributed by atoms with Crippen LogP contribution in [0.4, 0.5) is 24.7 Å². The summed E-state index contributed by atoms with van der Waals surface area (Å²) in [6.45, 7) is 8.35. The Bertz CT molecular complexity index is 1340. The molecule has 0 unspecified atom stereocenters. The molecule has 2 heterocycles. The maximum absolute atomic E-state index is 10.6. The molecule has 4 rings (SSSR count). The summed E-state index contributed by atoms with van der Waals surface area (Å²) in [7, 11) is 0. The Hall–Kier alpha value is -4.40. The molecule has 0 radical (unpaired) electrons. The van der Waals surface area contributed by atoms with Gasteiger partial charge in [-0.15, -0.1) is 0 Å². The lowest BCUT2D eigenvalue weighted by atomic mass is 9.99. The fourth-order valence-corrected chi connectivity index (χ4v) is 4.11. The number of piperazine rings is 1. The average Bonchev–Trinajstić information content (AvgIpc) is 2.89. The largest absolute Gasteiger partial charge is 0.490 e. The highest BCUT2D eigenvalue weighted by atomic mass is 19.4. The van der Waals surface area contributed by atoms with Crippen LogP contribution in [-0.2, 0) is 4.79 Å². The number of anilines is 2. The first-order chi connectivity index (χ1) is 17.9.